The molecule has 2 aromatic heterocycles. The molecule has 2 heterocycles. The van der Waals surface area contributed by atoms with E-state index in [4.69, 9.17) is 4.74 Å². The zero-order chi connectivity index (χ0) is 22.1. The summed E-state index contributed by atoms with van der Waals surface area (Å²) in [4.78, 5) is 27.0. The fourth-order valence-corrected chi connectivity index (χ4v) is 5.35. The molecule has 3 aromatic rings. The van der Waals surface area contributed by atoms with Crippen LogP contribution in [0.4, 0.5) is 0 Å². The van der Waals surface area contributed by atoms with E-state index >= 15 is 0 Å². The Kier molecular flexibility index (Phi) is 6.05. The van der Waals surface area contributed by atoms with Crippen LogP contribution >= 0.6 is 27.3 Å². The van der Waals surface area contributed by atoms with Crippen molar-refractivity contribution in [1.82, 2.24) is 20.4 Å². The summed E-state index contributed by atoms with van der Waals surface area (Å²) in [6.07, 6.45) is 4.23. The SMILES string of the molecule is COc1cc(/C=N/NC(=O)Cn2nnc3sc4c(c3c2=O)CCC(C)C4)cc(Br)c1O. The Balaban J connectivity index is 1.49. The minimum absolute atomic E-state index is 0.0258. The molecule has 0 saturated carbocycles. The number of fused-ring (bicyclic) bond motifs is 3. The Bertz CT molecular complexity index is 1250. The summed E-state index contributed by atoms with van der Waals surface area (Å²) in [5.41, 5.74) is 3.72. The van der Waals surface area contributed by atoms with Crippen LogP contribution in [-0.2, 0) is 24.2 Å². The molecule has 4 rings (SSSR count). The van der Waals surface area contributed by atoms with Crippen molar-refractivity contribution in [3.05, 3.63) is 43.0 Å². The number of aryl methyl sites for hydroxylation is 1. The van der Waals surface area contributed by atoms with E-state index in [0.29, 0.717) is 26.2 Å². The van der Waals surface area contributed by atoms with Gasteiger partial charge in [-0.05, 0) is 64.4 Å². The van der Waals surface area contributed by atoms with Crippen LogP contribution in [0.3, 0.4) is 0 Å². The molecule has 1 aromatic carbocycles. The summed E-state index contributed by atoms with van der Waals surface area (Å²) in [6.45, 7) is 1.91. The van der Waals surface area contributed by atoms with Crippen molar-refractivity contribution >= 4 is 49.6 Å². The minimum atomic E-state index is -0.505. The molecule has 11 heteroatoms. The maximum atomic E-state index is 12.9. The highest BCUT2D eigenvalue weighted by Gasteiger charge is 2.24. The van der Waals surface area contributed by atoms with Crippen LogP contribution in [0.15, 0.2) is 26.5 Å². The van der Waals surface area contributed by atoms with E-state index in [2.05, 4.69) is 43.7 Å². The van der Waals surface area contributed by atoms with E-state index in [1.54, 1.807) is 12.1 Å². The molecule has 2 N–H and O–H groups in total. The lowest BCUT2D eigenvalue weighted by Gasteiger charge is -2.17. The van der Waals surface area contributed by atoms with Gasteiger partial charge in [0.2, 0.25) is 0 Å². The molecule has 1 amide bonds. The van der Waals surface area contributed by atoms with Gasteiger partial charge in [0.25, 0.3) is 11.5 Å². The third-order valence-corrected chi connectivity index (χ3v) is 6.89. The standard InChI is InChI=1S/C20H20BrN5O4S/c1-10-3-4-12-15(5-10)31-19-17(12)20(29)26(25-24-19)9-16(27)23-22-8-11-6-13(21)18(28)14(7-11)30-2/h6-8,10,28H,3-5,9H2,1-2H3,(H,23,27)/b22-8+. The first-order valence-electron chi connectivity index (χ1n) is 9.63. The molecule has 0 radical (unpaired) electrons. The van der Waals surface area contributed by atoms with E-state index < -0.39 is 5.91 Å². The summed E-state index contributed by atoms with van der Waals surface area (Å²) in [7, 11) is 1.44. The third-order valence-electron chi connectivity index (χ3n) is 5.15. The van der Waals surface area contributed by atoms with Crippen molar-refractivity contribution in [2.75, 3.05) is 7.11 Å². The van der Waals surface area contributed by atoms with Gasteiger partial charge in [0, 0.05) is 4.88 Å². The Morgan fingerprint density at radius 2 is 2.32 bits per heavy atom. The smallest absolute Gasteiger partial charge is 0.279 e. The number of nitrogens with one attached hydrogen (secondary N) is 1. The molecule has 9 nitrogen and oxygen atoms in total. The summed E-state index contributed by atoms with van der Waals surface area (Å²) >= 11 is 4.74. The normalized spacial score (nSPS) is 15.9. The second-order valence-electron chi connectivity index (χ2n) is 7.43. The number of phenolic OH excluding ortho intramolecular Hbond substituents is 1. The quantitative estimate of drug-likeness (QED) is 0.406. The van der Waals surface area contributed by atoms with Crippen molar-refractivity contribution in [3.63, 3.8) is 0 Å². The van der Waals surface area contributed by atoms with Gasteiger partial charge >= 0.3 is 0 Å². The number of benzene rings is 1. The van der Waals surface area contributed by atoms with Gasteiger partial charge < -0.3 is 9.84 Å². The lowest BCUT2D eigenvalue weighted by Crippen LogP contribution is -2.32. The molecule has 1 aliphatic rings. The first-order chi connectivity index (χ1) is 14.9. The zero-order valence-corrected chi connectivity index (χ0v) is 19.3. The van der Waals surface area contributed by atoms with Crippen molar-refractivity contribution in [3.8, 4) is 11.5 Å². The van der Waals surface area contributed by atoms with Crippen LogP contribution in [0.5, 0.6) is 11.5 Å². The van der Waals surface area contributed by atoms with Gasteiger partial charge in [-0.15, -0.1) is 16.4 Å². The fraction of sp³-hybridized carbons (Fsp3) is 0.350. The number of phenols is 1. The Labute approximate surface area is 189 Å². The fourth-order valence-electron chi connectivity index (χ4n) is 3.57. The number of hydrogen-bond acceptors (Lipinski definition) is 8. The molecule has 0 saturated heterocycles. The van der Waals surface area contributed by atoms with Crippen LogP contribution in [-0.4, -0.2) is 39.3 Å². The molecular formula is C20H20BrN5O4S. The summed E-state index contributed by atoms with van der Waals surface area (Å²) in [5, 5.41) is 22.4. The third kappa shape index (κ3) is 4.33. The number of carbonyl (C=O) groups excluding carboxylic acids is 1. The molecule has 0 spiro atoms. The van der Waals surface area contributed by atoms with Gasteiger partial charge in [0.1, 0.15) is 6.54 Å². The van der Waals surface area contributed by atoms with E-state index in [0.717, 1.165) is 29.5 Å². The lowest BCUT2D eigenvalue weighted by atomic mass is 9.89. The van der Waals surface area contributed by atoms with Crippen molar-refractivity contribution in [2.45, 2.75) is 32.7 Å². The average molecular weight is 506 g/mol. The number of amides is 1. The molecule has 1 aliphatic carbocycles. The number of hydrogen-bond donors (Lipinski definition) is 2. The molecule has 0 bridgehead atoms. The minimum Gasteiger partial charge on any atom is -0.503 e. The van der Waals surface area contributed by atoms with Gasteiger partial charge in [0.15, 0.2) is 16.3 Å². The van der Waals surface area contributed by atoms with Gasteiger partial charge in [-0.1, -0.05) is 12.1 Å². The molecule has 1 atom stereocenters. The topological polar surface area (TPSA) is 119 Å². The number of thiophene rings is 1. The number of ether oxygens (including phenoxy) is 1. The van der Waals surface area contributed by atoms with Crippen LogP contribution in [0.2, 0.25) is 0 Å². The van der Waals surface area contributed by atoms with Gasteiger partial charge in [-0.2, -0.15) is 5.10 Å². The first-order valence-corrected chi connectivity index (χ1v) is 11.2. The van der Waals surface area contributed by atoms with E-state index in [1.807, 2.05) is 0 Å². The van der Waals surface area contributed by atoms with Gasteiger partial charge in [-0.3, -0.25) is 9.59 Å². The predicted molar refractivity (Wildman–Crippen MR) is 121 cm³/mol. The number of hydrazone groups is 1. The average Bonchev–Trinajstić information content (AvgIpc) is 3.10. The van der Waals surface area contributed by atoms with Crippen LogP contribution in [0, 0.1) is 5.92 Å². The van der Waals surface area contributed by atoms with Crippen LogP contribution < -0.4 is 15.7 Å². The van der Waals surface area contributed by atoms with E-state index in [-0.39, 0.29) is 23.6 Å². The number of carbonyl (C=O) groups is 1. The highest BCUT2D eigenvalue weighted by Crippen LogP contribution is 2.36. The highest BCUT2D eigenvalue weighted by molar-refractivity contribution is 9.10. The molecule has 1 unspecified atom stereocenters. The number of aromatic nitrogens is 3. The summed E-state index contributed by atoms with van der Waals surface area (Å²) in [5.74, 6) is 0.330. The van der Waals surface area contributed by atoms with Crippen LogP contribution in [0.1, 0.15) is 29.3 Å². The monoisotopic (exact) mass is 505 g/mol. The maximum absolute atomic E-state index is 12.9. The highest BCUT2D eigenvalue weighted by atomic mass is 79.9. The largest absolute Gasteiger partial charge is 0.503 e. The molecule has 162 valence electrons. The Morgan fingerprint density at radius 1 is 1.52 bits per heavy atom. The maximum Gasteiger partial charge on any atom is 0.279 e. The molecule has 0 aliphatic heterocycles. The lowest BCUT2D eigenvalue weighted by molar-refractivity contribution is -0.121. The Hall–Kier alpha value is -2.79. The van der Waals surface area contributed by atoms with Gasteiger partial charge in [0.05, 0.1) is 23.2 Å². The predicted octanol–water partition coefficient (Wildman–Crippen LogP) is 2.60. The number of aromatic hydroxyl groups is 1. The zero-order valence-electron chi connectivity index (χ0n) is 16.9. The van der Waals surface area contributed by atoms with Crippen LogP contribution in [0.25, 0.3) is 10.2 Å². The molecule has 0 fully saturated rings. The van der Waals surface area contributed by atoms with Crippen molar-refractivity contribution in [2.24, 2.45) is 11.0 Å². The van der Waals surface area contributed by atoms with E-state index in [1.165, 1.54) is 29.5 Å². The Morgan fingerprint density at radius 3 is 3.10 bits per heavy atom. The number of nitrogens with zero attached hydrogens (tertiary/aromatic N) is 4. The first kappa shape index (κ1) is 21.4. The summed E-state index contributed by atoms with van der Waals surface area (Å²) in [6, 6.07) is 3.19. The molecule has 31 heavy (non-hydrogen) atoms. The second kappa shape index (κ2) is 8.75. The van der Waals surface area contributed by atoms with Gasteiger partial charge in [-0.25, -0.2) is 10.1 Å². The number of rotatable bonds is 5. The molecular weight excluding hydrogens is 486 g/mol. The number of methoxy groups -OCH3 is 1. The number of halogens is 1. The summed E-state index contributed by atoms with van der Waals surface area (Å²) < 4.78 is 6.58. The second-order valence-corrected chi connectivity index (χ2v) is 9.37. The van der Waals surface area contributed by atoms with E-state index in [9.17, 15) is 14.7 Å². The van der Waals surface area contributed by atoms with Crippen molar-refractivity contribution < 1.29 is 14.6 Å². The van der Waals surface area contributed by atoms with Crippen molar-refractivity contribution in [1.29, 1.82) is 0 Å².